The molecule has 2 aromatic carbocycles. The zero-order chi connectivity index (χ0) is 23.1. The smallest absolute Gasteiger partial charge is 0.242 e. The Bertz CT molecular complexity index is 1060. The molecule has 1 unspecified atom stereocenters. The minimum atomic E-state index is -0.346. The van der Waals surface area contributed by atoms with E-state index >= 15 is 0 Å². The molecule has 0 aliphatic rings. The van der Waals surface area contributed by atoms with Crippen molar-refractivity contribution in [1.29, 1.82) is 0 Å². The second-order valence-electron chi connectivity index (χ2n) is 8.02. The maximum Gasteiger partial charge on any atom is 0.242 e. The molecule has 1 heterocycles. The zero-order valence-electron chi connectivity index (χ0n) is 19.0. The Morgan fingerprint density at radius 2 is 1.72 bits per heavy atom. The number of halogens is 1. The molecule has 0 radical (unpaired) electrons. The van der Waals surface area contributed by atoms with Gasteiger partial charge in [-0.05, 0) is 49.6 Å². The molecule has 0 aliphatic carbocycles. The number of hydrogen-bond donors (Lipinski definition) is 1. The van der Waals surface area contributed by atoms with E-state index in [4.69, 9.17) is 16.6 Å². The SMILES string of the molecule is CCCN(CCC)C(=O)Cn1c(C(C)NC(=O)Cc2ccc(Cl)cc2)nc2ccccc21. The van der Waals surface area contributed by atoms with E-state index in [9.17, 15) is 9.59 Å². The maximum absolute atomic E-state index is 13.1. The van der Waals surface area contributed by atoms with E-state index in [0.717, 1.165) is 42.5 Å². The number of amides is 2. The van der Waals surface area contributed by atoms with E-state index < -0.39 is 0 Å². The molecule has 1 aromatic heterocycles. The normalized spacial score (nSPS) is 12.0. The number of para-hydroxylation sites is 2. The van der Waals surface area contributed by atoms with Crippen LogP contribution in [0.15, 0.2) is 48.5 Å². The summed E-state index contributed by atoms with van der Waals surface area (Å²) in [5.41, 5.74) is 2.59. The van der Waals surface area contributed by atoms with Gasteiger partial charge in [-0.1, -0.05) is 49.7 Å². The Kier molecular flexibility index (Phi) is 8.28. The highest BCUT2D eigenvalue weighted by atomic mass is 35.5. The van der Waals surface area contributed by atoms with E-state index in [1.165, 1.54) is 0 Å². The van der Waals surface area contributed by atoms with Crippen molar-refractivity contribution >= 4 is 34.4 Å². The lowest BCUT2D eigenvalue weighted by Crippen LogP contribution is -2.36. The van der Waals surface area contributed by atoms with Gasteiger partial charge in [0.25, 0.3) is 0 Å². The van der Waals surface area contributed by atoms with Gasteiger partial charge in [-0.15, -0.1) is 0 Å². The largest absolute Gasteiger partial charge is 0.346 e. The average molecular weight is 455 g/mol. The van der Waals surface area contributed by atoms with Gasteiger partial charge in [0.2, 0.25) is 11.8 Å². The Balaban J connectivity index is 1.81. The minimum absolute atomic E-state index is 0.0674. The van der Waals surface area contributed by atoms with Crippen molar-refractivity contribution in [2.45, 2.75) is 52.6 Å². The predicted octanol–water partition coefficient (Wildman–Crippen LogP) is 4.76. The second-order valence-corrected chi connectivity index (χ2v) is 8.45. The Labute approximate surface area is 194 Å². The molecular weight excluding hydrogens is 424 g/mol. The first-order valence-corrected chi connectivity index (χ1v) is 11.6. The zero-order valence-corrected chi connectivity index (χ0v) is 19.7. The number of hydrogen-bond acceptors (Lipinski definition) is 3. The van der Waals surface area contributed by atoms with Crippen LogP contribution in [-0.2, 0) is 22.6 Å². The van der Waals surface area contributed by atoms with Crippen LogP contribution in [0.1, 0.15) is 51.0 Å². The van der Waals surface area contributed by atoms with Crippen molar-refractivity contribution in [3.8, 4) is 0 Å². The average Bonchev–Trinajstić information content (AvgIpc) is 3.13. The molecule has 3 aromatic rings. The standard InChI is InChI=1S/C25H31ClN4O2/c1-4-14-29(15-5-2)24(32)17-30-22-9-7-6-8-21(22)28-25(30)18(3)27-23(31)16-19-10-12-20(26)13-11-19/h6-13,18H,4-5,14-17H2,1-3H3,(H,27,31). The van der Waals surface area contributed by atoms with Crippen LogP contribution < -0.4 is 5.32 Å². The first-order chi connectivity index (χ1) is 15.4. The summed E-state index contributed by atoms with van der Waals surface area (Å²) in [7, 11) is 0. The van der Waals surface area contributed by atoms with Gasteiger partial charge in [-0.25, -0.2) is 4.98 Å². The number of nitrogens with one attached hydrogen (secondary N) is 1. The molecule has 32 heavy (non-hydrogen) atoms. The van der Waals surface area contributed by atoms with Gasteiger partial charge < -0.3 is 14.8 Å². The van der Waals surface area contributed by atoms with Crippen molar-refractivity contribution in [1.82, 2.24) is 19.8 Å². The van der Waals surface area contributed by atoms with Crippen LogP contribution in [0, 0.1) is 0 Å². The second kappa shape index (κ2) is 11.1. The molecule has 0 spiro atoms. The minimum Gasteiger partial charge on any atom is -0.346 e. The maximum atomic E-state index is 13.1. The van der Waals surface area contributed by atoms with Gasteiger partial charge in [0.1, 0.15) is 12.4 Å². The summed E-state index contributed by atoms with van der Waals surface area (Å²) in [5.74, 6) is 0.637. The monoisotopic (exact) mass is 454 g/mol. The van der Waals surface area contributed by atoms with Crippen LogP contribution in [0.5, 0.6) is 0 Å². The lowest BCUT2D eigenvalue weighted by molar-refractivity contribution is -0.131. The molecule has 1 atom stereocenters. The predicted molar refractivity (Wildman–Crippen MR) is 129 cm³/mol. The van der Waals surface area contributed by atoms with Gasteiger partial charge in [0.05, 0.1) is 23.5 Å². The van der Waals surface area contributed by atoms with Gasteiger partial charge in [0, 0.05) is 18.1 Å². The molecule has 6 nitrogen and oxygen atoms in total. The summed E-state index contributed by atoms with van der Waals surface area (Å²) in [6.07, 6.45) is 2.09. The Morgan fingerprint density at radius 1 is 1.06 bits per heavy atom. The van der Waals surface area contributed by atoms with E-state index in [2.05, 4.69) is 19.2 Å². The van der Waals surface area contributed by atoms with Crippen molar-refractivity contribution in [2.24, 2.45) is 0 Å². The fourth-order valence-corrected chi connectivity index (χ4v) is 4.00. The summed E-state index contributed by atoms with van der Waals surface area (Å²) < 4.78 is 1.93. The van der Waals surface area contributed by atoms with Crippen LogP contribution in [0.3, 0.4) is 0 Å². The van der Waals surface area contributed by atoms with E-state index in [1.54, 1.807) is 12.1 Å². The third-order valence-corrected chi connectivity index (χ3v) is 5.61. The first kappa shape index (κ1) is 23.8. The number of benzene rings is 2. The van der Waals surface area contributed by atoms with Crippen LogP contribution in [0.25, 0.3) is 11.0 Å². The molecule has 0 saturated carbocycles. The molecular formula is C25H31ClN4O2. The number of carbonyl (C=O) groups is 2. The number of rotatable bonds is 10. The summed E-state index contributed by atoms with van der Waals surface area (Å²) in [4.78, 5) is 32.4. The van der Waals surface area contributed by atoms with Crippen molar-refractivity contribution in [2.75, 3.05) is 13.1 Å². The van der Waals surface area contributed by atoms with E-state index in [-0.39, 0.29) is 30.8 Å². The fourth-order valence-electron chi connectivity index (χ4n) is 3.87. The van der Waals surface area contributed by atoms with Crippen LogP contribution in [0.4, 0.5) is 0 Å². The number of carbonyl (C=O) groups excluding carboxylic acids is 2. The molecule has 0 saturated heterocycles. The highest BCUT2D eigenvalue weighted by Gasteiger charge is 2.22. The van der Waals surface area contributed by atoms with Crippen LogP contribution in [0.2, 0.25) is 5.02 Å². The van der Waals surface area contributed by atoms with Crippen molar-refractivity contribution in [3.05, 3.63) is 64.9 Å². The van der Waals surface area contributed by atoms with Gasteiger partial charge in [-0.3, -0.25) is 9.59 Å². The highest BCUT2D eigenvalue weighted by Crippen LogP contribution is 2.21. The Hall–Kier alpha value is -2.86. The lowest BCUT2D eigenvalue weighted by atomic mass is 10.1. The number of aromatic nitrogens is 2. The molecule has 2 amide bonds. The van der Waals surface area contributed by atoms with Gasteiger partial charge in [0.15, 0.2) is 0 Å². The van der Waals surface area contributed by atoms with Gasteiger partial charge in [-0.2, -0.15) is 0 Å². The van der Waals surface area contributed by atoms with Crippen LogP contribution in [-0.4, -0.2) is 39.4 Å². The molecule has 3 rings (SSSR count). The number of fused-ring (bicyclic) bond motifs is 1. The molecule has 0 aliphatic heterocycles. The van der Waals surface area contributed by atoms with Crippen LogP contribution >= 0.6 is 11.6 Å². The summed E-state index contributed by atoms with van der Waals surface area (Å²) in [6, 6.07) is 14.6. The fraction of sp³-hybridized carbons (Fsp3) is 0.400. The molecule has 0 bridgehead atoms. The Morgan fingerprint density at radius 3 is 2.38 bits per heavy atom. The molecule has 170 valence electrons. The number of nitrogens with zero attached hydrogens (tertiary/aromatic N) is 3. The van der Waals surface area contributed by atoms with E-state index in [0.29, 0.717) is 10.8 Å². The topological polar surface area (TPSA) is 67.2 Å². The highest BCUT2D eigenvalue weighted by molar-refractivity contribution is 6.30. The number of imidazole rings is 1. The van der Waals surface area contributed by atoms with Crippen molar-refractivity contribution < 1.29 is 9.59 Å². The first-order valence-electron chi connectivity index (χ1n) is 11.2. The molecule has 0 fully saturated rings. The summed E-state index contributed by atoms with van der Waals surface area (Å²) in [6.45, 7) is 7.73. The lowest BCUT2D eigenvalue weighted by Gasteiger charge is -2.23. The summed E-state index contributed by atoms with van der Waals surface area (Å²) in [5, 5.41) is 3.67. The van der Waals surface area contributed by atoms with Gasteiger partial charge >= 0.3 is 0 Å². The summed E-state index contributed by atoms with van der Waals surface area (Å²) >= 11 is 5.93. The third kappa shape index (κ3) is 5.88. The van der Waals surface area contributed by atoms with E-state index in [1.807, 2.05) is 52.8 Å². The van der Waals surface area contributed by atoms with Crippen molar-refractivity contribution in [3.63, 3.8) is 0 Å². The molecule has 1 N–H and O–H groups in total. The third-order valence-electron chi connectivity index (χ3n) is 5.36. The quantitative estimate of drug-likeness (QED) is 0.480. The molecule has 7 heteroatoms.